The van der Waals surface area contributed by atoms with Crippen LogP contribution in [0.25, 0.3) is 11.3 Å². The molecule has 4 heteroatoms. The van der Waals surface area contributed by atoms with Gasteiger partial charge in [-0.15, -0.1) is 0 Å². The quantitative estimate of drug-likeness (QED) is 0.860. The lowest BCUT2D eigenvalue weighted by atomic mass is 10.2. The number of hydrogen-bond acceptors (Lipinski definition) is 4. The van der Waals surface area contributed by atoms with Crippen LogP contribution < -0.4 is 5.32 Å². The Kier molecular flexibility index (Phi) is 2.73. The predicted octanol–water partition coefficient (Wildman–Crippen LogP) is 2.54. The smallest absolute Gasteiger partial charge is 0.196 e. The number of rotatable bonds is 5. The molecule has 2 aromatic rings. The topological polar surface area (TPSA) is 51.2 Å². The van der Waals surface area contributed by atoms with E-state index < -0.39 is 0 Å². The Hall–Kier alpha value is -1.55. The van der Waals surface area contributed by atoms with Gasteiger partial charge in [-0.3, -0.25) is 0 Å². The summed E-state index contributed by atoms with van der Waals surface area (Å²) in [6.07, 6.45) is 6.90. The molecule has 1 N–H and O–H groups in total. The average Bonchev–Trinajstić information content (AvgIpc) is 2.85. The van der Waals surface area contributed by atoms with Gasteiger partial charge >= 0.3 is 0 Å². The van der Waals surface area contributed by atoms with Gasteiger partial charge in [0.1, 0.15) is 5.76 Å². The Morgan fingerprint density at radius 1 is 1.47 bits per heavy atom. The summed E-state index contributed by atoms with van der Waals surface area (Å²) in [4.78, 5) is 4.28. The maximum Gasteiger partial charge on any atom is 0.196 e. The van der Waals surface area contributed by atoms with Gasteiger partial charge in [0, 0.05) is 19.0 Å². The second-order valence-electron chi connectivity index (χ2n) is 4.49. The minimum absolute atomic E-state index is 0.737. The van der Waals surface area contributed by atoms with E-state index in [0.717, 1.165) is 42.0 Å². The molecule has 1 saturated carbocycles. The van der Waals surface area contributed by atoms with Crippen molar-refractivity contribution in [3.05, 3.63) is 30.2 Å². The SMILES string of the molecule is Cc1occc1-c1cnc(CCNC2CC2)o1. The van der Waals surface area contributed by atoms with E-state index in [1.165, 1.54) is 12.8 Å². The molecule has 4 nitrogen and oxygen atoms in total. The zero-order valence-electron chi connectivity index (χ0n) is 9.90. The molecule has 2 heterocycles. The molecule has 3 rings (SSSR count). The molecule has 17 heavy (non-hydrogen) atoms. The third kappa shape index (κ3) is 2.42. The highest BCUT2D eigenvalue weighted by Crippen LogP contribution is 2.25. The highest BCUT2D eigenvalue weighted by molar-refractivity contribution is 5.58. The van der Waals surface area contributed by atoms with Crippen molar-refractivity contribution in [3.63, 3.8) is 0 Å². The molecule has 0 radical (unpaired) electrons. The van der Waals surface area contributed by atoms with Crippen LogP contribution in [-0.4, -0.2) is 17.6 Å². The van der Waals surface area contributed by atoms with Crippen LogP contribution in [0.15, 0.2) is 27.4 Å². The Morgan fingerprint density at radius 2 is 2.35 bits per heavy atom. The van der Waals surface area contributed by atoms with Gasteiger partial charge in [0.15, 0.2) is 11.7 Å². The van der Waals surface area contributed by atoms with Crippen molar-refractivity contribution >= 4 is 0 Å². The number of aromatic nitrogens is 1. The van der Waals surface area contributed by atoms with Crippen molar-refractivity contribution < 1.29 is 8.83 Å². The number of hydrogen-bond donors (Lipinski definition) is 1. The third-order valence-electron chi connectivity index (χ3n) is 3.03. The lowest BCUT2D eigenvalue weighted by Gasteiger charge is -1.98. The summed E-state index contributed by atoms with van der Waals surface area (Å²) in [6, 6.07) is 2.64. The monoisotopic (exact) mass is 232 g/mol. The van der Waals surface area contributed by atoms with Crippen molar-refractivity contribution in [2.75, 3.05) is 6.54 Å². The molecular weight excluding hydrogens is 216 g/mol. The second kappa shape index (κ2) is 4.37. The van der Waals surface area contributed by atoms with Crippen LogP contribution in [0, 0.1) is 6.92 Å². The molecule has 90 valence electrons. The zero-order chi connectivity index (χ0) is 11.7. The molecule has 0 spiro atoms. The zero-order valence-corrected chi connectivity index (χ0v) is 9.90. The Labute approximate surface area is 100 Å². The van der Waals surface area contributed by atoms with E-state index in [0.29, 0.717) is 0 Å². The summed E-state index contributed by atoms with van der Waals surface area (Å²) in [5.74, 6) is 2.44. The van der Waals surface area contributed by atoms with E-state index in [9.17, 15) is 0 Å². The Bertz CT molecular complexity index is 497. The highest BCUT2D eigenvalue weighted by atomic mass is 16.4. The first-order chi connectivity index (χ1) is 8.33. The number of oxazole rings is 1. The normalized spacial score (nSPS) is 15.4. The summed E-state index contributed by atoms with van der Waals surface area (Å²) in [7, 11) is 0. The van der Waals surface area contributed by atoms with E-state index in [1.54, 1.807) is 12.5 Å². The molecule has 1 aliphatic carbocycles. The predicted molar refractivity (Wildman–Crippen MR) is 63.7 cm³/mol. The Morgan fingerprint density at radius 3 is 3.06 bits per heavy atom. The summed E-state index contributed by atoms with van der Waals surface area (Å²) in [5, 5.41) is 3.44. The molecule has 2 aromatic heterocycles. The molecule has 0 unspecified atom stereocenters. The van der Waals surface area contributed by atoms with Gasteiger partial charge in [-0.2, -0.15) is 0 Å². The minimum atomic E-state index is 0.737. The van der Waals surface area contributed by atoms with E-state index in [-0.39, 0.29) is 0 Å². The fraction of sp³-hybridized carbons (Fsp3) is 0.462. The first kappa shape index (κ1) is 10.6. The highest BCUT2D eigenvalue weighted by Gasteiger charge is 2.20. The van der Waals surface area contributed by atoms with Gasteiger partial charge in [-0.05, 0) is 25.8 Å². The summed E-state index contributed by atoms with van der Waals surface area (Å²) in [5.41, 5.74) is 0.985. The van der Waals surface area contributed by atoms with E-state index >= 15 is 0 Å². The van der Waals surface area contributed by atoms with Crippen LogP contribution in [0.2, 0.25) is 0 Å². The van der Waals surface area contributed by atoms with E-state index in [4.69, 9.17) is 8.83 Å². The maximum atomic E-state index is 5.70. The van der Waals surface area contributed by atoms with Crippen LogP contribution in [0.3, 0.4) is 0 Å². The summed E-state index contributed by atoms with van der Waals surface area (Å²) >= 11 is 0. The number of aryl methyl sites for hydroxylation is 1. The molecule has 1 fully saturated rings. The lowest BCUT2D eigenvalue weighted by Crippen LogP contribution is -2.19. The minimum Gasteiger partial charge on any atom is -0.469 e. The molecule has 1 aliphatic rings. The van der Waals surface area contributed by atoms with Gasteiger partial charge in [-0.25, -0.2) is 4.98 Å². The number of nitrogens with zero attached hydrogens (tertiary/aromatic N) is 1. The fourth-order valence-electron chi connectivity index (χ4n) is 1.86. The summed E-state index contributed by atoms with van der Waals surface area (Å²) in [6.45, 7) is 2.86. The first-order valence-corrected chi connectivity index (χ1v) is 6.05. The number of nitrogens with one attached hydrogen (secondary N) is 1. The molecule has 0 saturated heterocycles. The van der Waals surface area contributed by atoms with Crippen molar-refractivity contribution in [3.8, 4) is 11.3 Å². The molecule has 0 amide bonds. The lowest BCUT2D eigenvalue weighted by molar-refractivity contribution is 0.491. The standard InChI is InChI=1S/C13H16N2O2/c1-9-11(5-7-16-9)12-8-15-13(17-12)4-6-14-10-2-3-10/h5,7-8,10,14H,2-4,6H2,1H3. The molecule has 0 atom stereocenters. The molecule has 0 bridgehead atoms. The second-order valence-corrected chi connectivity index (χ2v) is 4.49. The first-order valence-electron chi connectivity index (χ1n) is 6.05. The van der Waals surface area contributed by atoms with Crippen LogP contribution >= 0.6 is 0 Å². The van der Waals surface area contributed by atoms with Gasteiger partial charge in [-0.1, -0.05) is 0 Å². The van der Waals surface area contributed by atoms with Crippen molar-refractivity contribution in [1.82, 2.24) is 10.3 Å². The fourth-order valence-corrected chi connectivity index (χ4v) is 1.86. The molecular formula is C13H16N2O2. The number of furan rings is 1. The van der Waals surface area contributed by atoms with Crippen LogP contribution in [0.1, 0.15) is 24.5 Å². The maximum absolute atomic E-state index is 5.70. The van der Waals surface area contributed by atoms with Gasteiger partial charge in [0.2, 0.25) is 0 Å². The Balaban J connectivity index is 1.63. The third-order valence-corrected chi connectivity index (χ3v) is 3.03. The van der Waals surface area contributed by atoms with E-state index in [2.05, 4.69) is 10.3 Å². The van der Waals surface area contributed by atoms with Crippen LogP contribution in [0.4, 0.5) is 0 Å². The average molecular weight is 232 g/mol. The van der Waals surface area contributed by atoms with Crippen molar-refractivity contribution in [2.24, 2.45) is 0 Å². The van der Waals surface area contributed by atoms with Crippen molar-refractivity contribution in [2.45, 2.75) is 32.2 Å². The van der Waals surface area contributed by atoms with Gasteiger partial charge in [0.25, 0.3) is 0 Å². The van der Waals surface area contributed by atoms with Crippen molar-refractivity contribution in [1.29, 1.82) is 0 Å². The van der Waals surface area contributed by atoms with Gasteiger partial charge < -0.3 is 14.2 Å². The molecule has 0 aliphatic heterocycles. The van der Waals surface area contributed by atoms with Gasteiger partial charge in [0.05, 0.1) is 18.0 Å². The molecule has 0 aromatic carbocycles. The van der Waals surface area contributed by atoms with Crippen LogP contribution in [-0.2, 0) is 6.42 Å². The summed E-state index contributed by atoms with van der Waals surface area (Å²) < 4.78 is 10.9. The van der Waals surface area contributed by atoms with E-state index in [1.807, 2.05) is 13.0 Å². The largest absolute Gasteiger partial charge is 0.469 e. The van der Waals surface area contributed by atoms with Crippen LogP contribution in [0.5, 0.6) is 0 Å².